The Hall–Kier alpha value is -5.23. The lowest BCUT2D eigenvalue weighted by atomic mass is 9.70. The lowest BCUT2D eigenvalue weighted by molar-refractivity contribution is 0.0600. The normalized spacial score (nSPS) is 14.4. The van der Waals surface area contributed by atoms with Crippen LogP contribution in [0.15, 0.2) is 103 Å². The molecule has 0 aromatic heterocycles. The van der Waals surface area contributed by atoms with Crippen molar-refractivity contribution in [1.29, 1.82) is 0 Å². The molecule has 0 bridgehead atoms. The van der Waals surface area contributed by atoms with E-state index in [9.17, 15) is 4.79 Å². The molecular formula is C70H88F4O2. The van der Waals surface area contributed by atoms with Crippen molar-refractivity contribution < 1.29 is 27.1 Å². The van der Waals surface area contributed by atoms with Crippen molar-refractivity contribution in [3.05, 3.63) is 153 Å². The molecular weight excluding hydrogens is 949 g/mol. The van der Waals surface area contributed by atoms with Gasteiger partial charge >= 0.3 is 5.97 Å². The standard InChI is InChI=1S/C70H88F4O2/c1-6-10-14-18-22-30-44-69(45-31-23-19-15-11-7-2)60-36-28-26-34-54(60)56-41-38-52(49-62(56)69)65(72)64(71)51-40-43-58(59(48-51)68(75)76-5)67(74)66(73)53-39-42-57-55-35-27-29-37-61(55)70(63(57)50-53,46-32-24-20-16-12-8-3)47-33-25-21-17-13-9-4/h26-29,34-43,48-50H,6-25,30-33,44-47H2,1-5H3/b65-64+,67-66+. The Kier molecular flexibility index (Phi) is 22.3. The highest BCUT2D eigenvalue weighted by molar-refractivity contribution is 5.99. The summed E-state index contributed by atoms with van der Waals surface area (Å²) < 4.78 is 72.9. The van der Waals surface area contributed by atoms with Crippen molar-refractivity contribution in [1.82, 2.24) is 0 Å². The van der Waals surface area contributed by atoms with Crippen molar-refractivity contribution >= 4 is 29.3 Å². The van der Waals surface area contributed by atoms with E-state index in [1.165, 1.54) is 126 Å². The van der Waals surface area contributed by atoms with Crippen LogP contribution in [0.25, 0.3) is 45.6 Å². The van der Waals surface area contributed by atoms with Crippen LogP contribution in [0.4, 0.5) is 17.6 Å². The predicted octanol–water partition coefficient (Wildman–Crippen LogP) is 22.5. The molecule has 6 heteroatoms. The molecule has 0 fully saturated rings. The summed E-state index contributed by atoms with van der Waals surface area (Å²) in [5.74, 6) is -5.66. The van der Waals surface area contributed by atoms with E-state index in [0.717, 1.165) is 124 Å². The SMILES string of the molecule is CCCCCCCCC1(CCCCCCCC)c2ccccc2-c2ccc(/C(F)=C(\F)c3ccc(/C(F)=C(\F)c4ccc5c(c4)C(CCCCCCCC)(CCCCCCCC)c4ccccc4-5)c(C(=O)OC)c3)cc21. The quantitative estimate of drug-likeness (QED) is 0.0181. The Labute approximate surface area is 455 Å². The molecule has 5 aromatic rings. The lowest BCUT2D eigenvalue weighted by Crippen LogP contribution is -2.25. The van der Waals surface area contributed by atoms with Crippen LogP contribution in [-0.2, 0) is 15.6 Å². The average Bonchev–Trinajstić information content (AvgIpc) is 4.06. The first-order valence-electron chi connectivity index (χ1n) is 29.9. The molecule has 2 aliphatic carbocycles. The molecule has 0 atom stereocenters. The average molecular weight is 1040 g/mol. The number of ether oxygens (including phenoxy) is 1. The van der Waals surface area contributed by atoms with Gasteiger partial charge in [0.1, 0.15) is 0 Å². The van der Waals surface area contributed by atoms with Crippen LogP contribution in [0.5, 0.6) is 0 Å². The smallest absolute Gasteiger partial charge is 0.338 e. The molecule has 0 radical (unpaired) electrons. The van der Waals surface area contributed by atoms with Gasteiger partial charge in [0, 0.05) is 33.1 Å². The lowest BCUT2D eigenvalue weighted by Gasteiger charge is -2.33. The van der Waals surface area contributed by atoms with E-state index in [1.807, 2.05) is 24.3 Å². The molecule has 0 N–H and O–H groups in total. The minimum Gasteiger partial charge on any atom is -0.465 e. The Morgan fingerprint density at radius 3 is 1.05 bits per heavy atom. The minimum atomic E-state index is -1.27. The van der Waals surface area contributed by atoms with Gasteiger partial charge in [0.05, 0.1) is 12.7 Å². The van der Waals surface area contributed by atoms with E-state index in [4.69, 9.17) is 4.74 Å². The maximum Gasteiger partial charge on any atom is 0.338 e. The first-order chi connectivity index (χ1) is 37.1. The zero-order valence-corrected chi connectivity index (χ0v) is 46.9. The summed E-state index contributed by atoms with van der Waals surface area (Å²) in [5, 5.41) is 0. The zero-order chi connectivity index (χ0) is 53.9. The van der Waals surface area contributed by atoms with Crippen LogP contribution in [0.2, 0.25) is 0 Å². The van der Waals surface area contributed by atoms with Gasteiger partial charge in [-0.3, -0.25) is 0 Å². The van der Waals surface area contributed by atoms with Crippen LogP contribution in [0.3, 0.4) is 0 Å². The minimum absolute atomic E-state index is 0.0687. The maximum absolute atomic E-state index is 17.0. The van der Waals surface area contributed by atoms with Gasteiger partial charge < -0.3 is 4.74 Å². The Morgan fingerprint density at radius 2 is 0.671 bits per heavy atom. The number of carbonyl (C=O) groups excluding carboxylic acids is 1. The van der Waals surface area contributed by atoms with Crippen LogP contribution in [-0.4, -0.2) is 13.1 Å². The highest BCUT2D eigenvalue weighted by Gasteiger charge is 2.44. The number of hydrogen-bond donors (Lipinski definition) is 0. The number of fused-ring (bicyclic) bond motifs is 6. The molecule has 0 saturated carbocycles. The van der Waals surface area contributed by atoms with Crippen LogP contribution in [0, 0.1) is 0 Å². The van der Waals surface area contributed by atoms with E-state index in [1.54, 1.807) is 12.1 Å². The molecule has 408 valence electrons. The fraction of sp³-hybridized carbons (Fsp3) is 0.500. The summed E-state index contributed by atoms with van der Waals surface area (Å²) in [6, 6.07) is 31.3. The van der Waals surface area contributed by atoms with Crippen molar-refractivity contribution in [3.63, 3.8) is 0 Å². The predicted molar refractivity (Wildman–Crippen MR) is 313 cm³/mol. The monoisotopic (exact) mass is 1040 g/mol. The third kappa shape index (κ3) is 13.4. The summed E-state index contributed by atoms with van der Waals surface area (Å²) in [7, 11) is 1.14. The summed E-state index contributed by atoms with van der Waals surface area (Å²) >= 11 is 0. The fourth-order valence-corrected chi connectivity index (χ4v) is 13.0. The molecule has 0 saturated heterocycles. The molecule has 2 nitrogen and oxygen atoms in total. The molecule has 2 aliphatic rings. The number of rotatable bonds is 33. The summed E-state index contributed by atoms with van der Waals surface area (Å²) in [6.07, 6.45) is 31.5. The third-order valence-corrected chi connectivity index (χ3v) is 17.2. The van der Waals surface area contributed by atoms with E-state index in [-0.39, 0.29) is 33.1 Å². The Balaban J connectivity index is 1.23. The fourth-order valence-electron chi connectivity index (χ4n) is 13.0. The summed E-state index contributed by atoms with van der Waals surface area (Å²) in [5.41, 5.74) is 7.37. The van der Waals surface area contributed by atoms with E-state index >= 15 is 17.6 Å². The topological polar surface area (TPSA) is 26.3 Å². The van der Waals surface area contributed by atoms with E-state index in [2.05, 4.69) is 76.2 Å². The van der Waals surface area contributed by atoms with Crippen LogP contribution >= 0.6 is 0 Å². The van der Waals surface area contributed by atoms with E-state index < -0.39 is 34.8 Å². The molecule has 0 spiro atoms. The first-order valence-corrected chi connectivity index (χ1v) is 29.9. The van der Waals surface area contributed by atoms with Gasteiger partial charge in [-0.25, -0.2) is 22.4 Å². The second-order valence-corrected chi connectivity index (χ2v) is 22.4. The Bertz CT molecular complexity index is 2710. The van der Waals surface area contributed by atoms with Gasteiger partial charge in [0.25, 0.3) is 0 Å². The second-order valence-electron chi connectivity index (χ2n) is 22.4. The molecule has 0 aliphatic heterocycles. The number of methoxy groups -OCH3 is 1. The van der Waals surface area contributed by atoms with Gasteiger partial charge in [0.15, 0.2) is 23.3 Å². The van der Waals surface area contributed by atoms with Gasteiger partial charge in [-0.15, -0.1) is 0 Å². The molecule has 5 aromatic carbocycles. The van der Waals surface area contributed by atoms with Crippen LogP contribution < -0.4 is 0 Å². The largest absolute Gasteiger partial charge is 0.465 e. The summed E-state index contributed by atoms with van der Waals surface area (Å²) in [6.45, 7) is 8.91. The molecule has 7 rings (SSSR count). The molecule has 0 amide bonds. The molecule has 0 heterocycles. The molecule has 0 unspecified atom stereocenters. The second kappa shape index (κ2) is 28.9. The zero-order valence-electron chi connectivity index (χ0n) is 46.9. The summed E-state index contributed by atoms with van der Waals surface area (Å²) in [4.78, 5) is 13.5. The van der Waals surface area contributed by atoms with Gasteiger partial charge in [-0.1, -0.05) is 267 Å². The highest BCUT2D eigenvalue weighted by Crippen LogP contribution is 2.57. The van der Waals surface area contributed by atoms with Crippen molar-refractivity contribution in [2.45, 2.75) is 218 Å². The van der Waals surface area contributed by atoms with Gasteiger partial charge in [0.2, 0.25) is 0 Å². The van der Waals surface area contributed by atoms with Gasteiger partial charge in [-0.05, 0) is 88.4 Å². The van der Waals surface area contributed by atoms with Crippen LogP contribution in [0.1, 0.15) is 262 Å². The number of unbranched alkanes of at least 4 members (excludes halogenated alkanes) is 20. The number of esters is 1. The number of benzene rings is 5. The Morgan fingerprint density at radius 1 is 0.355 bits per heavy atom. The number of halogens is 4. The van der Waals surface area contributed by atoms with E-state index in [0.29, 0.717) is 0 Å². The first kappa shape index (κ1) is 58.5. The van der Waals surface area contributed by atoms with Crippen molar-refractivity contribution in [2.75, 3.05) is 7.11 Å². The van der Waals surface area contributed by atoms with Crippen molar-refractivity contribution in [2.24, 2.45) is 0 Å². The van der Waals surface area contributed by atoms with Gasteiger partial charge in [-0.2, -0.15) is 0 Å². The third-order valence-electron chi connectivity index (χ3n) is 17.2. The van der Waals surface area contributed by atoms with Crippen molar-refractivity contribution in [3.8, 4) is 22.3 Å². The number of hydrogen-bond acceptors (Lipinski definition) is 2. The molecule has 76 heavy (non-hydrogen) atoms. The highest BCUT2D eigenvalue weighted by atomic mass is 19.2. The number of carbonyl (C=O) groups is 1. The maximum atomic E-state index is 17.0.